The summed E-state index contributed by atoms with van der Waals surface area (Å²) in [5, 5.41) is 9.09. The van der Waals surface area contributed by atoms with Gasteiger partial charge in [0.05, 0.1) is 5.92 Å². The minimum absolute atomic E-state index is 0.151. The fraction of sp³-hybridized carbons (Fsp3) is 0.917. The molecule has 84 valence electrons. The van der Waals surface area contributed by atoms with Crippen molar-refractivity contribution in [1.82, 2.24) is 0 Å². The minimum atomic E-state index is -0.623. The van der Waals surface area contributed by atoms with Crippen molar-refractivity contribution < 1.29 is 9.90 Å². The standard InChI is InChI=1S/C12H24O2/c1-5-7-9(3)8-11(12(13)14)10(4)6-2/h9-11H,5-8H2,1-4H3,(H,13,14). The molecule has 0 aliphatic heterocycles. The van der Waals surface area contributed by atoms with Gasteiger partial charge in [-0.25, -0.2) is 0 Å². The third kappa shape index (κ3) is 4.64. The molecule has 0 fully saturated rings. The van der Waals surface area contributed by atoms with E-state index in [-0.39, 0.29) is 5.92 Å². The molecule has 3 unspecified atom stereocenters. The molecular formula is C12H24O2. The lowest BCUT2D eigenvalue weighted by atomic mass is 9.83. The fourth-order valence-electron chi connectivity index (χ4n) is 1.91. The van der Waals surface area contributed by atoms with Crippen LogP contribution in [0.15, 0.2) is 0 Å². The average molecular weight is 200 g/mol. The van der Waals surface area contributed by atoms with E-state index in [1.165, 1.54) is 0 Å². The molecule has 0 saturated heterocycles. The second-order valence-corrected chi connectivity index (χ2v) is 4.46. The van der Waals surface area contributed by atoms with Crippen LogP contribution in [0.1, 0.15) is 53.4 Å². The molecule has 14 heavy (non-hydrogen) atoms. The molecule has 0 aromatic carbocycles. The summed E-state index contributed by atoms with van der Waals surface area (Å²) >= 11 is 0. The largest absolute Gasteiger partial charge is 0.481 e. The van der Waals surface area contributed by atoms with Gasteiger partial charge in [-0.3, -0.25) is 4.79 Å². The van der Waals surface area contributed by atoms with Crippen molar-refractivity contribution in [2.45, 2.75) is 53.4 Å². The van der Waals surface area contributed by atoms with E-state index in [0.29, 0.717) is 11.8 Å². The van der Waals surface area contributed by atoms with E-state index in [0.717, 1.165) is 25.7 Å². The van der Waals surface area contributed by atoms with E-state index in [1.54, 1.807) is 0 Å². The van der Waals surface area contributed by atoms with Gasteiger partial charge >= 0.3 is 5.97 Å². The Bertz CT molecular complexity index is 166. The Morgan fingerprint density at radius 3 is 2.21 bits per heavy atom. The van der Waals surface area contributed by atoms with Gasteiger partial charge in [0, 0.05) is 0 Å². The molecule has 0 saturated carbocycles. The van der Waals surface area contributed by atoms with Gasteiger partial charge in [-0.05, 0) is 18.3 Å². The van der Waals surface area contributed by atoms with Gasteiger partial charge in [-0.15, -0.1) is 0 Å². The Hall–Kier alpha value is -0.530. The lowest BCUT2D eigenvalue weighted by molar-refractivity contribution is -0.144. The molecule has 3 atom stereocenters. The first-order valence-electron chi connectivity index (χ1n) is 5.75. The van der Waals surface area contributed by atoms with Crippen molar-refractivity contribution >= 4 is 5.97 Å². The highest BCUT2D eigenvalue weighted by atomic mass is 16.4. The molecule has 0 spiro atoms. The predicted molar refractivity (Wildman–Crippen MR) is 59.3 cm³/mol. The third-order valence-corrected chi connectivity index (χ3v) is 3.09. The van der Waals surface area contributed by atoms with Crippen LogP contribution in [-0.2, 0) is 4.79 Å². The summed E-state index contributed by atoms with van der Waals surface area (Å²) in [6.45, 7) is 8.40. The SMILES string of the molecule is CCCC(C)CC(C(=O)O)C(C)CC. The Balaban J connectivity index is 4.15. The number of carboxylic acids is 1. The Labute approximate surface area is 87.7 Å². The molecule has 1 N–H and O–H groups in total. The molecule has 2 nitrogen and oxygen atoms in total. The van der Waals surface area contributed by atoms with Crippen LogP contribution in [-0.4, -0.2) is 11.1 Å². The van der Waals surface area contributed by atoms with Gasteiger partial charge in [0.1, 0.15) is 0 Å². The van der Waals surface area contributed by atoms with E-state index < -0.39 is 5.97 Å². The van der Waals surface area contributed by atoms with Crippen LogP contribution in [0, 0.1) is 17.8 Å². The summed E-state index contributed by atoms with van der Waals surface area (Å²) in [6, 6.07) is 0. The van der Waals surface area contributed by atoms with E-state index in [9.17, 15) is 4.79 Å². The molecule has 0 aromatic rings. The maximum atomic E-state index is 11.0. The maximum absolute atomic E-state index is 11.0. The predicted octanol–water partition coefficient (Wildman–Crippen LogP) is 3.56. The topological polar surface area (TPSA) is 37.3 Å². The molecule has 0 amide bonds. The molecule has 0 aromatic heterocycles. The Morgan fingerprint density at radius 2 is 1.86 bits per heavy atom. The number of hydrogen-bond acceptors (Lipinski definition) is 1. The summed E-state index contributed by atoms with van der Waals surface area (Å²) in [4.78, 5) is 11.0. The monoisotopic (exact) mass is 200 g/mol. The Morgan fingerprint density at radius 1 is 1.29 bits per heavy atom. The highest BCUT2D eigenvalue weighted by Gasteiger charge is 2.24. The number of aliphatic carboxylic acids is 1. The van der Waals surface area contributed by atoms with Crippen LogP contribution >= 0.6 is 0 Å². The van der Waals surface area contributed by atoms with E-state index in [4.69, 9.17) is 5.11 Å². The van der Waals surface area contributed by atoms with Crippen LogP contribution < -0.4 is 0 Å². The van der Waals surface area contributed by atoms with Crippen LogP contribution in [0.25, 0.3) is 0 Å². The first kappa shape index (κ1) is 13.5. The molecule has 0 aliphatic rings. The summed E-state index contributed by atoms with van der Waals surface area (Å²) in [6.07, 6.45) is 4.07. The van der Waals surface area contributed by atoms with Crippen molar-refractivity contribution in [2.24, 2.45) is 17.8 Å². The Kier molecular flexibility index (Phi) is 6.60. The summed E-state index contributed by atoms with van der Waals surface area (Å²) < 4.78 is 0. The molecule has 2 heteroatoms. The number of carboxylic acid groups (broad SMARTS) is 1. The zero-order valence-corrected chi connectivity index (χ0v) is 9.92. The molecule has 0 bridgehead atoms. The van der Waals surface area contributed by atoms with Crippen LogP contribution in [0.5, 0.6) is 0 Å². The normalized spacial score (nSPS) is 17.4. The number of hydrogen-bond donors (Lipinski definition) is 1. The maximum Gasteiger partial charge on any atom is 0.306 e. The first-order valence-corrected chi connectivity index (χ1v) is 5.75. The van der Waals surface area contributed by atoms with Gasteiger partial charge in [-0.1, -0.05) is 47.0 Å². The van der Waals surface area contributed by atoms with E-state index in [2.05, 4.69) is 20.8 Å². The van der Waals surface area contributed by atoms with Crippen molar-refractivity contribution in [2.75, 3.05) is 0 Å². The van der Waals surface area contributed by atoms with Crippen molar-refractivity contribution in [1.29, 1.82) is 0 Å². The first-order chi connectivity index (χ1) is 6.52. The minimum Gasteiger partial charge on any atom is -0.481 e. The van der Waals surface area contributed by atoms with E-state index in [1.807, 2.05) is 6.92 Å². The number of rotatable bonds is 7. The van der Waals surface area contributed by atoms with Gasteiger partial charge in [-0.2, -0.15) is 0 Å². The lowest BCUT2D eigenvalue weighted by Crippen LogP contribution is -2.23. The van der Waals surface area contributed by atoms with Crippen LogP contribution in [0.2, 0.25) is 0 Å². The highest BCUT2D eigenvalue weighted by molar-refractivity contribution is 5.70. The zero-order valence-electron chi connectivity index (χ0n) is 9.92. The van der Waals surface area contributed by atoms with Gasteiger partial charge in [0.15, 0.2) is 0 Å². The smallest absolute Gasteiger partial charge is 0.306 e. The van der Waals surface area contributed by atoms with E-state index >= 15 is 0 Å². The van der Waals surface area contributed by atoms with Crippen molar-refractivity contribution in [3.05, 3.63) is 0 Å². The van der Waals surface area contributed by atoms with Crippen LogP contribution in [0.3, 0.4) is 0 Å². The van der Waals surface area contributed by atoms with Gasteiger partial charge in [0.2, 0.25) is 0 Å². The quantitative estimate of drug-likeness (QED) is 0.682. The zero-order chi connectivity index (χ0) is 11.1. The molecule has 0 aliphatic carbocycles. The summed E-state index contributed by atoms with van der Waals surface area (Å²) in [5.41, 5.74) is 0. The second-order valence-electron chi connectivity index (χ2n) is 4.46. The lowest BCUT2D eigenvalue weighted by Gasteiger charge is -2.22. The molecular weight excluding hydrogens is 176 g/mol. The fourth-order valence-corrected chi connectivity index (χ4v) is 1.91. The second kappa shape index (κ2) is 6.86. The third-order valence-electron chi connectivity index (χ3n) is 3.09. The summed E-state index contributed by atoms with van der Waals surface area (Å²) in [7, 11) is 0. The highest BCUT2D eigenvalue weighted by Crippen LogP contribution is 2.25. The van der Waals surface area contributed by atoms with Crippen molar-refractivity contribution in [3.63, 3.8) is 0 Å². The molecule has 0 radical (unpaired) electrons. The summed E-state index contributed by atoms with van der Waals surface area (Å²) in [5.74, 6) is 0.0609. The van der Waals surface area contributed by atoms with Crippen molar-refractivity contribution in [3.8, 4) is 0 Å². The average Bonchev–Trinajstić information content (AvgIpc) is 2.13. The number of carbonyl (C=O) groups is 1. The van der Waals surface area contributed by atoms with Gasteiger partial charge in [0.25, 0.3) is 0 Å². The molecule has 0 heterocycles. The van der Waals surface area contributed by atoms with Gasteiger partial charge < -0.3 is 5.11 Å². The molecule has 0 rings (SSSR count). The van der Waals surface area contributed by atoms with Crippen LogP contribution in [0.4, 0.5) is 0 Å².